The Morgan fingerprint density at radius 2 is 1.86 bits per heavy atom. The van der Waals surface area contributed by atoms with E-state index in [1.54, 1.807) is 17.4 Å². The zero-order chi connectivity index (χ0) is 18.9. The first-order valence-corrected chi connectivity index (χ1v) is 10.7. The summed E-state index contributed by atoms with van der Waals surface area (Å²) in [4.78, 5) is 4.82. The maximum absolute atomic E-state index is 13.6. The summed E-state index contributed by atoms with van der Waals surface area (Å²) in [5.41, 5.74) is 3.90. The predicted octanol–water partition coefficient (Wildman–Crippen LogP) is 3.84. The van der Waals surface area contributed by atoms with Crippen LogP contribution in [0, 0.1) is 5.82 Å². The number of thiophene rings is 1. The van der Waals surface area contributed by atoms with E-state index in [4.69, 9.17) is 4.74 Å². The predicted molar refractivity (Wildman–Crippen MR) is 113 cm³/mol. The molecular weight excluding hydrogens is 373 g/mol. The minimum Gasteiger partial charge on any atom is -0.492 e. The van der Waals surface area contributed by atoms with Gasteiger partial charge in [0.2, 0.25) is 0 Å². The molecule has 4 nitrogen and oxygen atoms in total. The van der Waals surface area contributed by atoms with Crippen molar-refractivity contribution in [3.63, 3.8) is 0 Å². The first kappa shape index (κ1) is 17.9. The lowest BCUT2D eigenvalue weighted by Crippen LogP contribution is -2.47. The van der Waals surface area contributed by atoms with E-state index in [9.17, 15) is 4.39 Å². The van der Waals surface area contributed by atoms with E-state index >= 15 is 0 Å². The lowest BCUT2D eigenvalue weighted by atomic mass is 10.1. The molecule has 0 unspecified atom stereocenters. The topological polar surface area (TPSA) is 27.7 Å². The first-order valence-electron chi connectivity index (χ1n) is 9.86. The van der Waals surface area contributed by atoms with E-state index in [1.165, 1.54) is 22.9 Å². The van der Waals surface area contributed by atoms with Gasteiger partial charge in [-0.25, -0.2) is 4.39 Å². The van der Waals surface area contributed by atoms with Crippen LogP contribution in [0.3, 0.4) is 0 Å². The highest BCUT2D eigenvalue weighted by atomic mass is 32.1. The summed E-state index contributed by atoms with van der Waals surface area (Å²) in [5.74, 6) is 0.804. The molecule has 1 N–H and O–H groups in total. The van der Waals surface area contributed by atoms with Gasteiger partial charge in [-0.15, -0.1) is 11.3 Å². The van der Waals surface area contributed by atoms with E-state index in [2.05, 4.69) is 38.7 Å². The highest BCUT2D eigenvalue weighted by Crippen LogP contribution is 2.34. The fraction of sp³-hybridized carbons (Fsp3) is 0.364. The average molecular weight is 398 g/mol. The van der Waals surface area contributed by atoms with Gasteiger partial charge >= 0.3 is 0 Å². The molecule has 2 aliphatic heterocycles. The van der Waals surface area contributed by atoms with Crippen LogP contribution in [0.1, 0.15) is 11.1 Å². The zero-order valence-electron chi connectivity index (χ0n) is 15.8. The Kier molecular flexibility index (Phi) is 4.93. The van der Waals surface area contributed by atoms with Gasteiger partial charge < -0.3 is 15.0 Å². The number of hydrogen-bond donors (Lipinski definition) is 1. The molecule has 0 amide bonds. The van der Waals surface area contributed by atoms with Crippen molar-refractivity contribution in [1.29, 1.82) is 0 Å². The van der Waals surface area contributed by atoms with Crippen LogP contribution in [0.25, 0.3) is 10.1 Å². The number of hydrogen-bond acceptors (Lipinski definition) is 5. The van der Waals surface area contributed by atoms with E-state index in [0.29, 0.717) is 6.61 Å². The summed E-state index contributed by atoms with van der Waals surface area (Å²) in [6.07, 6.45) is 0. The van der Waals surface area contributed by atoms with Crippen molar-refractivity contribution >= 4 is 27.1 Å². The van der Waals surface area contributed by atoms with Crippen LogP contribution in [-0.2, 0) is 13.1 Å². The maximum atomic E-state index is 13.6. The zero-order valence-corrected chi connectivity index (χ0v) is 16.6. The summed E-state index contributed by atoms with van der Waals surface area (Å²) >= 11 is 1.69. The van der Waals surface area contributed by atoms with Crippen molar-refractivity contribution in [3.05, 3.63) is 58.7 Å². The number of benzene rings is 2. The molecule has 0 saturated carbocycles. The van der Waals surface area contributed by atoms with Crippen molar-refractivity contribution < 1.29 is 9.13 Å². The second-order valence-electron chi connectivity index (χ2n) is 7.47. The van der Waals surface area contributed by atoms with Crippen LogP contribution in [0.15, 0.2) is 41.8 Å². The van der Waals surface area contributed by atoms with Gasteiger partial charge in [-0.05, 0) is 41.5 Å². The number of halogens is 1. The van der Waals surface area contributed by atoms with Crippen LogP contribution in [0.2, 0.25) is 0 Å². The van der Waals surface area contributed by atoms with Crippen LogP contribution in [0.5, 0.6) is 5.75 Å². The Hall–Kier alpha value is -2.15. The number of fused-ring (bicyclic) bond motifs is 2. The minimum absolute atomic E-state index is 0.162. The molecule has 0 bridgehead atoms. The summed E-state index contributed by atoms with van der Waals surface area (Å²) in [6, 6.07) is 11.5. The number of ether oxygens (including phenoxy) is 1. The SMILES string of the molecule is Fc1ccc2scc(N3CCN(CCOc4ccc5c(c4)CNC5)CC3)c2c1. The van der Waals surface area contributed by atoms with Gasteiger partial charge in [0.25, 0.3) is 0 Å². The molecule has 1 fully saturated rings. The van der Waals surface area contributed by atoms with Crippen LogP contribution >= 0.6 is 11.3 Å². The summed E-state index contributed by atoms with van der Waals surface area (Å²) in [5, 5.41) is 6.56. The highest BCUT2D eigenvalue weighted by Gasteiger charge is 2.20. The standard InChI is InChI=1S/C22H24FN3OS/c23-18-2-4-22-20(12-18)21(15-28-22)26-7-5-25(6-8-26)9-10-27-19-3-1-16-13-24-14-17(16)11-19/h1-4,11-12,15,24H,5-10,13-14H2. The number of rotatable bonds is 5. The van der Waals surface area contributed by atoms with Crippen molar-refractivity contribution in [2.45, 2.75) is 13.1 Å². The Labute approximate surface area is 168 Å². The summed E-state index contributed by atoms with van der Waals surface area (Å²) in [7, 11) is 0. The number of anilines is 1. The van der Waals surface area contributed by atoms with Gasteiger partial charge in [0.1, 0.15) is 18.2 Å². The maximum Gasteiger partial charge on any atom is 0.123 e. The molecule has 1 saturated heterocycles. The van der Waals surface area contributed by atoms with E-state index in [0.717, 1.165) is 61.6 Å². The number of piperazine rings is 1. The van der Waals surface area contributed by atoms with Gasteiger partial charge in [-0.2, -0.15) is 0 Å². The molecular formula is C22H24FN3OS. The Balaban J connectivity index is 1.14. The fourth-order valence-corrected chi connectivity index (χ4v) is 5.05. The van der Waals surface area contributed by atoms with Gasteiger partial charge in [0, 0.05) is 61.3 Å². The number of nitrogens with zero attached hydrogens (tertiary/aromatic N) is 2. The second-order valence-corrected chi connectivity index (χ2v) is 8.38. The Morgan fingerprint density at radius 3 is 2.75 bits per heavy atom. The van der Waals surface area contributed by atoms with Crippen molar-refractivity contribution in [1.82, 2.24) is 10.2 Å². The van der Waals surface area contributed by atoms with E-state index in [-0.39, 0.29) is 5.82 Å². The third-order valence-corrected chi connectivity index (χ3v) is 6.66. The van der Waals surface area contributed by atoms with E-state index in [1.807, 2.05) is 6.07 Å². The van der Waals surface area contributed by atoms with E-state index < -0.39 is 0 Å². The molecule has 0 radical (unpaired) electrons. The average Bonchev–Trinajstić information content (AvgIpc) is 3.34. The van der Waals surface area contributed by atoms with Gasteiger partial charge in [-0.3, -0.25) is 4.90 Å². The monoisotopic (exact) mass is 397 g/mol. The molecule has 0 atom stereocenters. The van der Waals surface area contributed by atoms with Crippen molar-refractivity contribution in [2.75, 3.05) is 44.2 Å². The summed E-state index contributed by atoms with van der Waals surface area (Å²) < 4.78 is 20.8. The molecule has 3 aromatic rings. The Bertz CT molecular complexity index is 981. The molecule has 3 heterocycles. The molecule has 6 heteroatoms. The van der Waals surface area contributed by atoms with Crippen LogP contribution in [0.4, 0.5) is 10.1 Å². The molecule has 2 aliphatic rings. The molecule has 2 aromatic carbocycles. The molecule has 146 valence electrons. The third-order valence-electron chi connectivity index (χ3n) is 5.71. The molecule has 1 aromatic heterocycles. The van der Waals surface area contributed by atoms with Gasteiger partial charge in [0.15, 0.2) is 0 Å². The lowest BCUT2D eigenvalue weighted by molar-refractivity contribution is 0.200. The van der Waals surface area contributed by atoms with Crippen LogP contribution in [-0.4, -0.2) is 44.2 Å². The molecule has 0 spiro atoms. The normalized spacial score (nSPS) is 17.2. The summed E-state index contributed by atoms with van der Waals surface area (Å²) in [6.45, 7) is 7.48. The van der Waals surface area contributed by atoms with Gasteiger partial charge in [0.05, 0.1) is 5.69 Å². The largest absolute Gasteiger partial charge is 0.492 e. The van der Waals surface area contributed by atoms with Crippen LogP contribution < -0.4 is 15.0 Å². The smallest absolute Gasteiger partial charge is 0.123 e. The fourth-order valence-electron chi connectivity index (χ4n) is 4.10. The van der Waals surface area contributed by atoms with Gasteiger partial charge in [-0.1, -0.05) is 6.07 Å². The second kappa shape index (κ2) is 7.70. The lowest BCUT2D eigenvalue weighted by Gasteiger charge is -2.35. The minimum atomic E-state index is -0.162. The highest BCUT2D eigenvalue weighted by molar-refractivity contribution is 7.17. The molecule has 5 rings (SSSR count). The van der Waals surface area contributed by atoms with Crippen molar-refractivity contribution in [3.8, 4) is 5.75 Å². The third kappa shape index (κ3) is 3.60. The first-order chi connectivity index (χ1) is 13.8. The molecule has 0 aliphatic carbocycles. The Morgan fingerprint density at radius 1 is 1.00 bits per heavy atom. The van der Waals surface area contributed by atoms with Crippen molar-refractivity contribution in [2.24, 2.45) is 0 Å². The number of nitrogens with one attached hydrogen (secondary N) is 1. The quantitative estimate of drug-likeness (QED) is 0.708. The molecule has 28 heavy (non-hydrogen) atoms.